The Morgan fingerprint density at radius 1 is 1.29 bits per heavy atom. The average Bonchev–Trinajstić information content (AvgIpc) is 2.30. The molecule has 0 atom stereocenters. The summed E-state index contributed by atoms with van der Waals surface area (Å²) in [6.45, 7) is 1.84. The maximum atomic E-state index is 11.3. The first-order chi connectivity index (χ1) is 8.11. The number of alkyl carbamates (subject to hydrolysis) is 1. The van der Waals surface area contributed by atoms with Gasteiger partial charge in [0.05, 0.1) is 0 Å². The van der Waals surface area contributed by atoms with Crippen molar-refractivity contribution in [3.63, 3.8) is 0 Å². The number of hydrogen-bond donors (Lipinski definition) is 3. The normalized spacial score (nSPS) is 9.47. The lowest BCUT2D eigenvalue weighted by atomic mass is 10.3. The van der Waals surface area contributed by atoms with Crippen LogP contribution in [0.2, 0.25) is 0 Å². The minimum atomic E-state index is -0.631. The highest BCUT2D eigenvalue weighted by molar-refractivity contribution is 5.92. The number of rotatable bonds is 4. The van der Waals surface area contributed by atoms with Gasteiger partial charge in [-0.15, -0.1) is 0 Å². The third-order valence-electron chi connectivity index (χ3n) is 1.81. The van der Waals surface area contributed by atoms with Crippen LogP contribution >= 0.6 is 0 Å². The van der Waals surface area contributed by atoms with Crippen LogP contribution in [0, 0.1) is 0 Å². The van der Waals surface area contributed by atoms with E-state index < -0.39 is 12.0 Å². The van der Waals surface area contributed by atoms with Gasteiger partial charge in [0.2, 0.25) is 0 Å². The van der Waals surface area contributed by atoms with Crippen molar-refractivity contribution >= 4 is 17.7 Å². The number of aromatic hydroxyl groups is 1. The number of nitrogens with one attached hydrogen (secondary N) is 2. The van der Waals surface area contributed by atoms with E-state index in [1.807, 2.05) is 0 Å². The molecule has 0 aromatic heterocycles. The monoisotopic (exact) mass is 238 g/mol. The van der Waals surface area contributed by atoms with Crippen LogP contribution in [0.25, 0.3) is 0 Å². The van der Waals surface area contributed by atoms with Crippen LogP contribution in [0.4, 0.5) is 10.5 Å². The Morgan fingerprint density at radius 3 is 2.53 bits per heavy atom. The fraction of sp³-hybridized carbons (Fsp3) is 0.273. The van der Waals surface area contributed by atoms with Crippen molar-refractivity contribution < 1.29 is 19.4 Å². The molecule has 0 unspecified atom stereocenters. The molecule has 6 nitrogen and oxygen atoms in total. The average molecular weight is 238 g/mol. The topological polar surface area (TPSA) is 87.7 Å². The number of hydrogen-bond acceptors (Lipinski definition) is 4. The van der Waals surface area contributed by atoms with Gasteiger partial charge in [-0.25, -0.2) is 4.79 Å². The molecular weight excluding hydrogens is 224 g/mol. The van der Waals surface area contributed by atoms with E-state index in [4.69, 9.17) is 5.11 Å². The summed E-state index contributed by atoms with van der Waals surface area (Å²) >= 11 is 0. The van der Waals surface area contributed by atoms with E-state index in [1.165, 1.54) is 12.1 Å². The summed E-state index contributed by atoms with van der Waals surface area (Å²) < 4.78 is 4.63. The first kappa shape index (κ1) is 12.8. The molecular formula is C11H14N2O4. The fourth-order valence-electron chi connectivity index (χ4n) is 1.07. The molecule has 0 spiro atoms. The molecule has 0 fully saturated rings. The second-order valence-electron chi connectivity index (χ2n) is 3.20. The number of amides is 2. The Hall–Kier alpha value is -2.24. The summed E-state index contributed by atoms with van der Waals surface area (Å²) in [6.07, 6.45) is -0.631. The molecule has 0 saturated carbocycles. The molecule has 17 heavy (non-hydrogen) atoms. The van der Waals surface area contributed by atoms with Crippen LogP contribution in [0.3, 0.4) is 0 Å². The molecule has 1 aromatic carbocycles. The van der Waals surface area contributed by atoms with Gasteiger partial charge < -0.3 is 20.5 Å². The number of ether oxygens (including phenoxy) is 1. The molecule has 0 aliphatic rings. The number of carbonyl (C=O) groups excluding carboxylic acids is 2. The second kappa shape index (κ2) is 6.37. The fourth-order valence-corrected chi connectivity index (χ4v) is 1.07. The summed E-state index contributed by atoms with van der Waals surface area (Å²) in [5, 5.41) is 13.9. The largest absolute Gasteiger partial charge is 0.508 e. The zero-order valence-electron chi connectivity index (χ0n) is 9.40. The maximum absolute atomic E-state index is 11.3. The van der Waals surface area contributed by atoms with Gasteiger partial charge >= 0.3 is 6.09 Å². The minimum absolute atomic E-state index is 0.113. The highest BCUT2D eigenvalue weighted by Crippen LogP contribution is 2.13. The molecule has 0 aliphatic heterocycles. The summed E-state index contributed by atoms with van der Waals surface area (Å²) in [6, 6.07) is 5.97. The third kappa shape index (κ3) is 4.87. The lowest BCUT2D eigenvalue weighted by Gasteiger charge is -2.06. The van der Waals surface area contributed by atoms with Gasteiger partial charge in [0.25, 0.3) is 5.91 Å². The van der Waals surface area contributed by atoms with Crippen molar-refractivity contribution in [2.24, 2.45) is 0 Å². The Kier molecular flexibility index (Phi) is 4.80. The second-order valence-corrected chi connectivity index (χ2v) is 3.20. The molecule has 1 rings (SSSR count). The SMILES string of the molecule is CCNC(=O)OCC(=O)Nc1ccc(O)cc1. The number of phenolic OH excluding ortho intramolecular Hbond substituents is 1. The van der Waals surface area contributed by atoms with E-state index in [0.29, 0.717) is 12.2 Å². The molecule has 0 saturated heterocycles. The van der Waals surface area contributed by atoms with E-state index in [0.717, 1.165) is 0 Å². The quantitative estimate of drug-likeness (QED) is 0.685. The summed E-state index contributed by atoms with van der Waals surface area (Å²) in [4.78, 5) is 22.2. The van der Waals surface area contributed by atoms with E-state index in [2.05, 4.69) is 15.4 Å². The molecule has 0 aliphatic carbocycles. The van der Waals surface area contributed by atoms with Crippen molar-refractivity contribution in [3.8, 4) is 5.75 Å². The highest BCUT2D eigenvalue weighted by Gasteiger charge is 2.06. The molecule has 2 amide bonds. The Labute approximate surface area is 98.6 Å². The number of carbonyl (C=O) groups is 2. The van der Waals surface area contributed by atoms with Gasteiger partial charge in [-0.3, -0.25) is 4.79 Å². The standard InChI is InChI=1S/C11H14N2O4/c1-2-12-11(16)17-7-10(15)13-8-3-5-9(14)6-4-8/h3-6,14H,2,7H2,1H3,(H,12,16)(H,13,15). The van der Waals surface area contributed by atoms with Gasteiger partial charge in [-0.1, -0.05) is 0 Å². The molecule has 0 bridgehead atoms. The first-order valence-electron chi connectivity index (χ1n) is 5.11. The van der Waals surface area contributed by atoms with Crippen LogP contribution in [0.5, 0.6) is 5.75 Å². The predicted molar refractivity (Wildman–Crippen MR) is 61.8 cm³/mol. The van der Waals surface area contributed by atoms with Gasteiger partial charge in [-0.2, -0.15) is 0 Å². The number of phenols is 1. The molecule has 6 heteroatoms. The zero-order chi connectivity index (χ0) is 12.7. The van der Waals surface area contributed by atoms with Gasteiger partial charge in [0, 0.05) is 12.2 Å². The van der Waals surface area contributed by atoms with Crippen LogP contribution < -0.4 is 10.6 Å². The lowest BCUT2D eigenvalue weighted by Crippen LogP contribution is -2.28. The van der Waals surface area contributed by atoms with Crippen LogP contribution in [0.15, 0.2) is 24.3 Å². The van der Waals surface area contributed by atoms with Gasteiger partial charge in [0.15, 0.2) is 6.61 Å². The first-order valence-corrected chi connectivity index (χ1v) is 5.11. The van der Waals surface area contributed by atoms with Gasteiger partial charge in [-0.05, 0) is 31.2 Å². The van der Waals surface area contributed by atoms with Crippen molar-refractivity contribution in [2.75, 3.05) is 18.5 Å². The Balaban J connectivity index is 2.34. The van der Waals surface area contributed by atoms with E-state index >= 15 is 0 Å². The van der Waals surface area contributed by atoms with Crippen molar-refractivity contribution in [1.29, 1.82) is 0 Å². The van der Waals surface area contributed by atoms with E-state index in [-0.39, 0.29) is 12.4 Å². The molecule has 3 N–H and O–H groups in total. The lowest BCUT2D eigenvalue weighted by molar-refractivity contribution is -0.118. The Morgan fingerprint density at radius 2 is 1.94 bits per heavy atom. The molecule has 92 valence electrons. The maximum Gasteiger partial charge on any atom is 0.407 e. The highest BCUT2D eigenvalue weighted by atomic mass is 16.6. The predicted octanol–water partition coefficient (Wildman–Crippen LogP) is 1.08. The van der Waals surface area contributed by atoms with Crippen LogP contribution in [-0.2, 0) is 9.53 Å². The minimum Gasteiger partial charge on any atom is -0.508 e. The summed E-state index contributed by atoms with van der Waals surface area (Å²) in [7, 11) is 0. The molecule has 0 radical (unpaired) electrons. The Bertz CT molecular complexity index is 389. The molecule has 0 heterocycles. The van der Waals surface area contributed by atoms with E-state index in [9.17, 15) is 9.59 Å². The number of anilines is 1. The molecule has 1 aromatic rings. The van der Waals surface area contributed by atoms with Crippen LogP contribution in [-0.4, -0.2) is 30.3 Å². The zero-order valence-corrected chi connectivity index (χ0v) is 9.40. The summed E-state index contributed by atoms with van der Waals surface area (Å²) in [5.41, 5.74) is 0.521. The van der Waals surface area contributed by atoms with Crippen molar-refractivity contribution in [3.05, 3.63) is 24.3 Å². The van der Waals surface area contributed by atoms with E-state index in [1.54, 1.807) is 19.1 Å². The van der Waals surface area contributed by atoms with Crippen LogP contribution in [0.1, 0.15) is 6.92 Å². The summed E-state index contributed by atoms with van der Waals surface area (Å²) in [5.74, 6) is -0.330. The third-order valence-corrected chi connectivity index (χ3v) is 1.81. The van der Waals surface area contributed by atoms with Crippen molar-refractivity contribution in [2.45, 2.75) is 6.92 Å². The smallest absolute Gasteiger partial charge is 0.407 e. The number of benzene rings is 1. The van der Waals surface area contributed by atoms with Crippen molar-refractivity contribution in [1.82, 2.24) is 5.32 Å². The van der Waals surface area contributed by atoms with Gasteiger partial charge in [0.1, 0.15) is 5.75 Å².